The van der Waals surface area contributed by atoms with Gasteiger partial charge in [-0.15, -0.1) is 0 Å². The largest absolute Gasteiger partial charge is 0.454 e. The number of benzene rings is 1. The highest BCUT2D eigenvalue weighted by atomic mass is 16.7. The molecule has 7 heteroatoms. The Labute approximate surface area is 169 Å². The highest BCUT2D eigenvalue weighted by Gasteiger charge is 2.51. The van der Waals surface area contributed by atoms with E-state index in [0.29, 0.717) is 26.0 Å². The molecule has 3 saturated heterocycles. The Balaban J connectivity index is 1.29. The number of epoxide rings is 2. The summed E-state index contributed by atoms with van der Waals surface area (Å²) in [7, 11) is 0. The summed E-state index contributed by atoms with van der Waals surface area (Å²) < 4.78 is 35.0. The third kappa shape index (κ3) is 2.91. The molecule has 5 aliphatic heterocycles. The van der Waals surface area contributed by atoms with Crippen molar-refractivity contribution in [2.24, 2.45) is 0 Å². The standard InChI is InChI=1S/C22H25NO6/c1-2-23-6-13-4-17-18(29-11-28-17)5-16(13)20-21(23)12(1)3-19(26-9-14-7-24-14)22(20)27-10-15-8-25-15/h3-5,14-15,19-22H,1-2,6-11H2/t14-,15-,19-,20-,21+,22+/m0/s1. The van der Waals surface area contributed by atoms with Gasteiger partial charge in [-0.05, 0) is 29.7 Å². The summed E-state index contributed by atoms with van der Waals surface area (Å²) >= 11 is 0. The Bertz CT molecular complexity index is 863. The smallest absolute Gasteiger partial charge is 0.231 e. The predicted octanol–water partition coefficient (Wildman–Crippen LogP) is 1.59. The molecule has 0 aromatic heterocycles. The lowest BCUT2D eigenvalue weighted by Gasteiger charge is -2.46. The highest BCUT2D eigenvalue weighted by Crippen LogP contribution is 2.50. The normalized spacial score (nSPS) is 38.4. The molecule has 0 bridgehead atoms. The molecule has 7 rings (SSSR count). The monoisotopic (exact) mass is 399 g/mol. The second kappa shape index (κ2) is 6.43. The predicted molar refractivity (Wildman–Crippen MR) is 101 cm³/mol. The molecular formula is C22H25NO6. The van der Waals surface area contributed by atoms with Crippen LogP contribution in [0.5, 0.6) is 11.5 Å². The number of fused-ring (bicyclic) bond motifs is 3. The van der Waals surface area contributed by atoms with E-state index in [0.717, 1.165) is 44.2 Å². The molecule has 0 N–H and O–H groups in total. The maximum absolute atomic E-state index is 6.51. The van der Waals surface area contributed by atoms with Crippen LogP contribution < -0.4 is 9.47 Å². The topological polar surface area (TPSA) is 65.2 Å². The molecule has 154 valence electrons. The number of nitrogens with zero attached hydrogens (tertiary/aromatic N) is 1. The number of hydrogen-bond acceptors (Lipinski definition) is 7. The first-order chi connectivity index (χ1) is 14.3. The van der Waals surface area contributed by atoms with Gasteiger partial charge in [0.2, 0.25) is 6.79 Å². The molecule has 0 amide bonds. The van der Waals surface area contributed by atoms with Crippen LogP contribution in [0.2, 0.25) is 0 Å². The molecule has 6 atom stereocenters. The summed E-state index contributed by atoms with van der Waals surface area (Å²) in [6.45, 7) is 5.18. The van der Waals surface area contributed by atoms with Crippen molar-refractivity contribution in [3.63, 3.8) is 0 Å². The zero-order valence-corrected chi connectivity index (χ0v) is 16.2. The first-order valence-electron chi connectivity index (χ1n) is 10.7. The van der Waals surface area contributed by atoms with E-state index in [1.165, 1.54) is 16.7 Å². The second-order valence-corrected chi connectivity index (χ2v) is 8.84. The molecule has 1 aromatic rings. The van der Waals surface area contributed by atoms with Crippen molar-refractivity contribution >= 4 is 0 Å². The van der Waals surface area contributed by atoms with Crippen molar-refractivity contribution in [1.29, 1.82) is 0 Å². The second-order valence-electron chi connectivity index (χ2n) is 8.84. The molecule has 1 aromatic carbocycles. The molecule has 0 radical (unpaired) electrons. The minimum absolute atomic E-state index is 0.0493. The van der Waals surface area contributed by atoms with Crippen LogP contribution in [0.4, 0.5) is 0 Å². The maximum atomic E-state index is 6.51. The van der Waals surface area contributed by atoms with Crippen LogP contribution >= 0.6 is 0 Å². The van der Waals surface area contributed by atoms with Crippen LogP contribution in [-0.4, -0.2) is 75.1 Å². The van der Waals surface area contributed by atoms with Gasteiger partial charge in [-0.1, -0.05) is 11.6 Å². The maximum Gasteiger partial charge on any atom is 0.231 e. The Morgan fingerprint density at radius 1 is 1.00 bits per heavy atom. The third-order valence-electron chi connectivity index (χ3n) is 6.98. The summed E-state index contributed by atoms with van der Waals surface area (Å²) in [5.41, 5.74) is 4.13. The average Bonchev–Trinajstić information content (AvgIpc) is 3.65. The molecule has 29 heavy (non-hydrogen) atoms. The molecule has 0 unspecified atom stereocenters. The van der Waals surface area contributed by atoms with Gasteiger partial charge in [-0.25, -0.2) is 0 Å². The number of hydrogen-bond donors (Lipinski definition) is 0. The van der Waals surface area contributed by atoms with Crippen LogP contribution in [0.3, 0.4) is 0 Å². The summed E-state index contributed by atoms with van der Waals surface area (Å²) in [4.78, 5) is 2.59. The number of rotatable bonds is 6. The van der Waals surface area contributed by atoms with Crippen LogP contribution in [0, 0.1) is 0 Å². The van der Waals surface area contributed by atoms with Crippen molar-refractivity contribution in [1.82, 2.24) is 4.90 Å². The van der Waals surface area contributed by atoms with E-state index in [4.69, 9.17) is 28.4 Å². The molecule has 0 spiro atoms. The van der Waals surface area contributed by atoms with Gasteiger partial charge in [0.1, 0.15) is 18.3 Å². The fraction of sp³-hybridized carbons (Fsp3) is 0.636. The van der Waals surface area contributed by atoms with Crippen LogP contribution in [0.15, 0.2) is 23.8 Å². The van der Waals surface area contributed by atoms with E-state index in [1.807, 2.05) is 0 Å². The molecule has 3 fully saturated rings. The fourth-order valence-electron chi connectivity index (χ4n) is 5.42. The molecular weight excluding hydrogens is 374 g/mol. The molecule has 1 aliphatic carbocycles. The van der Waals surface area contributed by atoms with E-state index >= 15 is 0 Å². The summed E-state index contributed by atoms with van der Waals surface area (Å²) in [5, 5.41) is 0. The highest BCUT2D eigenvalue weighted by molar-refractivity contribution is 5.53. The quantitative estimate of drug-likeness (QED) is 0.532. The zero-order chi connectivity index (χ0) is 18.9. The summed E-state index contributed by atoms with van der Waals surface area (Å²) in [6, 6.07) is 4.73. The van der Waals surface area contributed by atoms with Gasteiger partial charge in [0, 0.05) is 25.0 Å². The molecule has 7 nitrogen and oxygen atoms in total. The fourth-order valence-corrected chi connectivity index (χ4v) is 5.42. The van der Waals surface area contributed by atoms with E-state index in [9.17, 15) is 0 Å². The van der Waals surface area contributed by atoms with E-state index in [2.05, 4.69) is 23.1 Å². The van der Waals surface area contributed by atoms with Gasteiger partial charge in [0.15, 0.2) is 11.5 Å². The van der Waals surface area contributed by atoms with Crippen molar-refractivity contribution in [3.8, 4) is 11.5 Å². The van der Waals surface area contributed by atoms with Gasteiger partial charge in [0.25, 0.3) is 0 Å². The minimum atomic E-state index is -0.0643. The molecule has 6 aliphatic rings. The minimum Gasteiger partial charge on any atom is -0.454 e. The SMILES string of the molecule is C1=C2CCN3Cc4cc5c(cc4[C@H]([C@H](OC[C@@H]4CO4)[C@H]1OC[C@@H]1CO1)[C@@H]23)OCO5. The van der Waals surface area contributed by atoms with Gasteiger partial charge >= 0.3 is 0 Å². The van der Waals surface area contributed by atoms with Crippen LogP contribution in [0.25, 0.3) is 0 Å². The van der Waals surface area contributed by atoms with Crippen LogP contribution in [-0.2, 0) is 25.5 Å². The van der Waals surface area contributed by atoms with Crippen molar-refractivity contribution in [2.75, 3.05) is 39.8 Å². The van der Waals surface area contributed by atoms with Crippen molar-refractivity contribution < 1.29 is 28.4 Å². The lowest BCUT2D eigenvalue weighted by atomic mass is 9.73. The number of ether oxygens (including phenoxy) is 6. The summed E-state index contributed by atoms with van der Waals surface area (Å²) in [5.74, 6) is 1.93. The first-order valence-corrected chi connectivity index (χ1v) is 10.7. The van der Waals surface area contributed by atoms with Gasteiger partial charge < -0.3 is 28.4 Å². The third-order valence-corrected chi connectivity index (χ3v) is 6.98. The van der Waals surface area contributed by atoms with E-state index in [1.54, 1.807) is 0 Å². The van der Waals surface area contributed by atoms with Gasteiger partial charge in [-0.2, -0.15) is 0 Å². The van der Waals surface area contributed by atoms with Crippen molar-refractivity contribution in [2.45, 2.75) is 49.3 Å². The van der Waals surface area contributed by atoms with E-state index < -0.39 is 0 Å². The Morgan fingerprint density at radius 3 is 2.55 bits per heavy atom. The van der Waals surface area contributed by atoms with E-state index in [-0.39, 0.29) is 30.3 Å². The zero-order valence-electron chi connectivity index (χ0n) is 16.2. The lowest BCUT2D eigenvalue weighted by molar-refractivity contribution is -0.0858. The molecule has 0 saturated carbocycles. The Hall–Kier alpha value is -1.64. The summed E-state index contributed by atoms with van der Waals surface area (Å²) in [6.07, 6.45) is 3.79. The molecule has 5 heterocycles. The average molecular weight is 399 g/mol. The van der Waals surface area contributed by atoms with Crippen molar-refractivity contribution in [3.05, 3.63) is 34.9 Å². The van der Waals surface area contributed by atoms with Gasteiger partial charge in [0.05, 0.1) is 32.5 Å². The Morgan fingerprint density at radius 2 is 1.76 bits per heavy atom. The first kappa shape index (κ1) is 17.1. The Kier molecular flexibility index (Phi) is 3.79. The van der Waals surface area contributed by atoms with Gasteiger partial charge in [-0.3, -0.25) is 4.90 Å². The lowest BCUT2D eigenvalue weighted by Crippen LogP contribution is -2.52. The van der Waals surface area contributed by atoms with Crippen LogP contribution in [0.1, 0.15) is 23.5 Å².